The number of hydrogen-bond acceptors (Lipinski definition) is 3. The molecule has 108 valence electrons. The molecule has 0 aliphatic rings. The van der Waals surface area contributed by atoms with Gasteiger partial charge in [0.25, 0.3) is 0 Å². The van der Waals surface area contributed by atoms with Gasteiger partial charge < -0.3 is 9.51 Å². The summed E-state index contributed by atoms with van der Waals surface area (Å²) in [6, 6.07) is 5.27. The highest BCUT2D eigenvalue weighted by Gasteiger charge is 2.23. The number of nitrogens with zero attached hydrogens (tertiary/aromatic N) is 4. The van der Waals surface area contributed by atoms with E-state index in [-0.39, 0.29) is 11.1 Å². The number of aromatic nitrogens is 4. The lowest BCUT2D eigenvalue weighted by molar-refractivity contribution is 0.0687. The molecule has 0 bridgehead atoms. The number of imidazole rings is 1. The van der Waals surface area contributed by atoms with Crippen LogP contribution >= 0.6 is 0 Å². The summed E-state index contributed by atoms with van der Waals surface area (Å²) >= 11 is 0. The van der Waals surface area contributed by atoms with Gasteiger partial charge in [0.15, 0.2) is 5.69 Å². The molecular weight excluding hydrogens is 268 g/mol. The third-order valence-corrected chi connectivity index (χ3v) is 3.31. The number of rotatable bonds is 2. The van der Waals surface area contributed by atoms with Gasteiger partial charge in [-0.3, -0.25) is 0 Å². The molecule has 3 aromatic heterocycles. The first-order valence-electron chi connectivity index (χ1n) is 6.63. The second kappa shape index (κ2) is 4.44. The maximum Gasteiger partial charge on any atom is 0.354 e. The highest BCUT2D eigenvalue weighted by molar-refractivity contribution is 5.86. The third-order valence-electron chi connectivity index (χ3n) is 3.31. The van der Waals surface area contributed by atoms with Crippen molar-refractivity contribution in [2.24, 2.45) is 0 Å². The Hall–Kier alpha value is -2.63. The van der Waals surface area contributed by atoms with Crippen LogP contribution in [-0.2, 0) is 5.41 Å². The topological polar surface area (TPSA) is 72.4 Å². The Morgan fingerprint density at radius 2 is 2.05 bits per heavy atom. The zero-order valence-electron chi connectivity index (χ0n) is 12.1. The predicted molar refractivity (Wildman–Crippen MR) is 78.0 cm³/mol. The number of carboxylic acids is 1. The summed E-state index contributed by atoms with van der Waals surface area (Å²) in [5, 5.41) is 13.9. The summed E-state index contributed by atoms with van der Waals surface area (Å²) in [5.74, 6) is -0.997. The fourth-order valence-electron chi connectivity index (χ4n) is 2.13. The Kier molecular flexibility index (Phi) is 2.83. The normalized spacial score (nSPS) is 12.0. The van der Waals surface area contributed by atoms with Crippen molar-refractivity contribution in [2.75, 3.05) is 0 Å². The fraction of sp³-hybridized carbons (Fsp3) is 0.267. The summed E-state index contributed by atoms with van der Waals surface area (Å²) in [6.45, 7) is 6.01. The Bertz CT molecular complexity index is 824. The van der Waals surface area contributed by atoms with Gasteiger partial charge in [-0.1, -0.05) is 20.8 Å². The van der Waals surface area contributed by atoms with Crippen LogP contribution in [0.2, 0.25) is 0 Å². The molecule has 6 heteroatoms. The SMILES string of the molecule is CC(C)(C)c1cc(C(=O)O)n(-c2ccc3nccn3c2)n1. The average molecular weight is 284 g/mol. The molecule has 0 amide bonds. The van der Waals surface area contributed by atoms with Crippen LogP contribution in [0.25, 0.3) is 11.3 Å². The zero-order chi connectivity index (χ0) is 15.2. The summed E-state index contributed by atoms with van der Waals surface area (Å²) in [4.78, 5) is 15.6. The Morgan fingerprint density at radius 3 is 2.71 bits per heavy atom. The third kappa shape index (κ3) is 2.29. The minimum absolute atomic E-state index is 0.152. The van der Waals surface area contributed by atoms with E-state index in [0.29, 0.717) is 5.69 Å². The van der Waals surface area contributed by atoms with E-state index in [1.54, 1.807) is 12.3 Å². The van der Waals surface area contributed by atoms with Gasteiger partial charge in [-0.05, 0) is 18.2 Å². The van der Waals surface area contributed by atoms with Crippen molar-refractivity contribution in [3.05, 3.63) is 48.2 Å². The molecule has 0 fully saturated rings. The van der Waals surface area contributed by atoms with Gasteiger partial charge in [0.2, 0.25) is 0 Å². The number of hydrogen-bond donors (Lipinski definition) is 1. The molecule has 6 nitrogen and oxygen atoms in total. The molecule has 3 aromatic rings. The van der Waals surface area contributed by atoms with Gasteiger partial charge in [0, 0.05) is 24.0 Å². The molecule has 1 N–H and O–H groups in total. The monoisotopic (exact) mass is 284 g/mol. The van der Waals surface area contributed by atoms with Crippen molar-refractivity contribution in [3.8, 4) is 5.69 Å². The Balaban J connectivity index is 2.20. The van der Waals surface area contributed by atoms with E-state index in [1.165, 1.54) is 4.68 Å². The van der Waals surface area contributed by atoms with Crippen molar-refractivity contribution in [2.45, 2.75) is 26.2 Å². The predicted octanol–water partition coefficient (Wildman–Crippen LogP) is 2.52. The van der Waals surface area contributed by atoms with Crippen LogP contribution in [0.5, 0.6) is 0 Å². The van der Waals surface area contributed by atoms with E-state index in [1.807, 2.05) is 49.7 Å². The van der Waals surface area contributed by atoms with Crippen LogP contribution < -0.4 is 0 Å². The van der Waals surface area contributed by atoms with E-state index >= 15 is 0 Å². The van der Waals surface area contributed by atoms with E-state index in [0.717, 1.165) is 11.3 Å². The summed E-state index contributed by atoms with van der Waals surface area (Å²) in [5.41, 5.74) is 2.17. The first-order valence-corrected chi connectivity index (χ1v) is 6.63. The van der Waals surface area contributed by atoms with Gasteiger partial charge in [-0.2, -0.15) is 5.10 Å². The van der Waals surface area contributed by atoms with Crippen LogP contribution in [-0.4, -0.2) is 30.2 Å². The van der Waals surface area contributed by atoms with Crippen LogP contribution in [0.4, 0.5) is 0 Å². The van der Waals surface area contributed by atoms with Gasteiger partial charge in [0.05, 0.1) is 11.4 Å². The number of pyridine rings is 1. The second-order valence-corrected chi connectivity index (χ2v) is 5.96. The molecule has 0 saturated carbocycles. The lowest BCUT2D eigenvalue weighted by Crippen LogP contribution is -2.13. The van der Waals surface area contributed by atoms with Crippen LogP contribution in [0.15, 0.2) is 36.8 Å². The quantitative estimate of drug-likeness (QED) is 0.784. The highest BCUT2D eigenvalue weighted by atomic mass is 16.4. The average Bonchev–Trinajstić information content (AvgIpc) is 3.03. The van der Waals surface area contributed by atoms with E-state index in [4.69, 9.17) is 0 Å². The van der Waals surface area contributed by atoms with Crippen molar-refractivity contribution in [1.82, 2.24) is 19.2 Å². The molecule has 3 rings (SSSR count). The molecule has 0 aliphatic carbocycles. The lowest BCUT2D eigenvalue weighted by atomic mass is 9.92. The van der Waals surface area contributed by atoms with Crippen molar-refractivity contribution >= 4 is 11.6 Å². The molecule has 0 spiro atoms. The van der Waals surface area contributed by atoms with Gasteiger partial charge >= 0.3 is 5.97 Å². The molecule has 0 radical (unpaired) electrons. The first-order chi connectivity index (χ1) is 9.86. The van der Waals surface area contributed by atoms with Crippen molar-refractivity contribution < 1.29 is 9.90 Å². The van der Waals surface area contributed by atoms with Crippen LogP contribution in [0, 0.1) is 0 Å². The van der Waals surface area contributed by atoms with Gasteiger partial charge in [-0.15, -0.1) is 0 Å². The van der Waals surface area contributed by atoms with Crippen molar-refractivity contribution in [3.63, 3.8) is 0 Å². The molecular formula is C15H16N4O2. The molecule has 0 atom stereocenters. The standard InChI is InChI=1S/C15H16N4O2/c1-15(2,3)12-8-11(14(20)21)19(17-12)10-4-5-13-16-6-7-18(13)9-10/h4-9H,1-3H3,(H,20,21). The van der Waals surface area contributed by atoms with E-state index in [9.17, 15) is 9.90 Å². The Morgan fingerprint density at radius 1 is 1.29 bits per heavy atom. The minimum atomic E-state index is -0.997. The molecule has 0 aromatic carbocycles. The van der Waals surface area contributed by atoms with Gasteiger partial charge in [-0.25, -0.2) is 14.5 Å². The van der Waals surface area contributed by atoms with Crippen LogP contribution in [0.1, 0.15) is 37.0 Å². The molecule has 3 heterocycles. The summed E-state index contributed by atoms with van der Waals surface area (Å²) < 4.78 is 3.29. The fourth-order valence-corrected chi connectivity index (χ4v) is 2.13. The largest absolute Gasteiger partial charge is 0.477 e. The van der Waals surface area contributed by atoms with Crippen LogP contribution in [0.3, 0.4) is 0 Å². The smallest absolute Gasteiger partial charge is 0.354 e. The second-order valence-electron chi connectivity index (χ2n) is 5.96. The number of carboxylic acid groups (broad SMARTS) is 1. The summed E-state index contributed by atoms with van der Waals surface area (Å²) in [6.07, 6.45) is 5.32. The number of aromatic carboxylic acids is 1. The van der Waals surface area contributed by atoms with Gasteiger partial charge in [0.1, 0.15) is 5.65 Å². The molecule has 0 unspecified atom stereocenters. The maximum atomic E-state index is 11.5. The number of carbonyl (C=O) groups is 1. The first kappa shape index (κ1) is 13.4. The number of fused-ring (bicyclic) bond motifs is 1. The highest BCUT2D eigenvalue weighted by Crippen LogP contribution is 2.23. The minimum Gasteiger partial charge on any atom is -0.477 e. The molecule has 21 heavy (non-hydrogen) atoms. The van der Waals surface area contributed by atoms with E-state index < -0.39 is 5.97 Å². The van der Waals surface area contributed by atoms with Crippen molar-refractivity contribution in [1.29, 1.82) is 0 Å². The zero-order valence-corrected chi connectivity index (χ0v) is 12.1. The summed E-state index contributed by atoms with van der Waals surface area (Å²) in [7, 11) is 0. The molecule has 0 saturated heterocycles. The van der Waals surface area contributed by atoms with E-state index in [2.05, 4.69) is 10.1 Å². The Labute approximate surface area is 121 Å². The maximum absolute atomic E-state index is 11.5. The lowest BCUT2D eigenvalue weighted by Gasteiger charge is -2.14. The molecule has 0 aliphatic heterocycles.